The SMILES string of the molecule is C=CN(C)[C@H]1CC2=C(c3ccn(C(C)F)n3)[C@H](c3ccc(F)cc3Cl)N=C(C(C)S)N2C1. The number of alkyl halides is 1. The molecule has 0 amide bonds. The summed E-state index contributed by atoms with van der Waals surface area (Å²) >= 11 is 11.2. The molecule has 170 valence electrons. The number of benzene rings is 1. The number of hydrogen-bond donors (Lipinski definition) is 1. The van der Waals surface area contributed by atoms with Gasteiger partial charge in [0.1, 0.15) is 17.7 Å². The van der Waals surface area contributed by atoms with Crippen LogP contribution in [0, 0.1) is 5.82 Å². The van der Waals surface area contributed by atoms with Crippen LogP contribution >= 0.6 is 24.2 Å². The lowest BCUT2D eigenvalue weighted by molar-refractivity contribution is 0.245. The third-order valence-electron chi connectivity index (χ3n) is 6.01. The van der Waals surface area contributed by atoms with Crippen LogP contribution in [0.15, 0.2) is 53.9 Å². The van der Waals surface area contributed by atoms with Crippen LogP contribution in [0.1, 0.15) is 43.9 Å². The fourth-order valence-corrected chi connectivity index (χ4v) is 4.78. The highest BCUT2D eigenvalue weighted by Crippen LogP contribution is 2.46. The van der Waals surface area contributed by atoms with Crippen LogP contribution in [0.5, 0.6) is 0 Å². The van der Waals surface area contributed by atoms with Crippen LogP contribution in [-0.4, -0.2) is 50.3 Å². The molecule has 4 atom stereocenters. The molecule has 0 saturated carbocycles. The molecule has 0 N–H and O–H groups in total. The summed E-state index contributed by atoms with van der Waals surface area (Å²) in [5.74, 6) is 0.400. The third-order valence-corrected chi connectivity index (χ3v) is 6.57. The first-order valence-electron chi connectivity index (χ1n) is 10.5. The van der Waals surface area contributed by atoms with E-state index in [0.29, 0.717) is 11.3 Å². The smallest absolute Gasteiger partial charge is 0.188 e. The van der Waals surface area contributed by atoms with Gasteiger partial charge in [0, 0.05) is 48.1 Å². The Kier molecular flexibility index (Phi) is 6.36. The molecule has 2 aromatic rings. The van der Waals surface area contributed by atoms with Crippen LogP contribution in [-0.2, 0) is 0 Å². The predicted octanol–water partition coefficient (Wildman–Crippen LogP) is 5.50. The fraction of sp³-hybridized carbons (Fsp3) is 0.391. The zero-order valence-corrected chi connectivity index (χ0v) is 19.9. The standard InChI is InChI=1S/C23H26ClF2N5S/c1-5-29(4)16-11-20-21(19-8-9-31(28-19)14(3)25)22(17-7-6-15(26)10-18(17)24)27-23(13(2)32)30(20)12-16/h5-10,13-14,16,22,32H,1,11-12H2,2-4H3/t13?,14?,16-,22-/m0/s1. The molecule has 3 heterocycles. The van der Waals surface area contributed by atoms with Crippen molar-refractivity contribution in [3.8, 4) is 0 Å². The van der Waals surface area contributed by atoms with Crippen molar-refractivity contribution in [2.45, 2.75) is 43.9 Å². The summed E-state index contributed by atoms with van der Waals surface area (Å²) in [6.45, 7) is 8.01. The summed E-state index contributed by atoms with van der Waals surface area (Å²) in [7, 11) is 1.99. The van der Waals surface area contributed by atoms with Crippen molar-refractivity contribution >= 4 is 35.6 Å². The summed E-state index contributed by atoms with van der Waals surface area (Å²) in [5.41, 5.74) is 3.17. The van der Waals surface area contributed by atoms with Gasteiger partial charge in [0.2, 0.25) is 0 Å². The third kappa shape index (κ3) is 4.06. The molecule has 1 saturated heterocycles. The maximum atomic E-state index is 13.9. The molecule has 0 spiro atoms. The molecule has 2 aliphatic heterocycles. The van der Waals surface area contributed by atoms with Crippen LogP contribution in [0.3, 0.4) is 0 Å². The van der Waals surface area contributed by atoms with E-state index in [0.717, 1.165) is 30.1 Å². The van der Waals surface area contributed by atoms with Gasteiger partial charge < -0.3 is 9.80 Å². The molecule has 0 aliphatic carbocycles. The number of halogens is 3. The van der Waals surface area contributed by atoms with E-state index in [1.807, 2.05) is 14.0 Å². The van der Waals surface area contributed by atoms with Gasteiger partial charge in [-0.1, -0.05) is 24.2 Å². The number of thiol groups is 1. The Balaban J connectivity index is 1.93. The molecule has 1 aromatic heterocycles. The molecular weight excluding hydrogens is 452 g/mol. The number of aliphatic imine (C=N–C) groups is 1. The van der Waals surface area contributed by atoms with Gasteiger partial charge in [-0.15, -0.1) is 0 Å². The summed E-state index contributed by atoms with van der Waals surface area (Å²) in [4.78, 5) is 9.28. The molecule has 2 aliphatic rings. The van der Waals surface area contributed by atoms with E-state index in [9.17, 15) is 8.78 Å². The Morgan fingerprint density at radius 1 is 1.34 bits per heavy atom. The number of hydrogen-bond acceptors (Lipinski definition) is 5. The van der Waals surface area contributed by atoms with Crippen molar-refractivity contribution in [3.05, 3.63) is 71.0 Å². The summed E-state index contributed by atoms with van der Waals surface area (Å²) < 4.78 is 29.0. The van der Waals surface area contributed by atoms with E-state index in [1.165, 1.54) is 23.7 Å². The minimum atomic E-state index is -1.26. The largest absolute Gasteiger partial charge is 0.376 e. The van der Waals surface area contributed by atoms with Crippen molar-refractivity contribution in [2.75, 3.05) is 13.6 Å². The van der Waals surface area contributed by atoms with Gasteiger partial charge in [0.25, 0.3) is 0 Å². The van der Waals surface area contributed by atoms with Crippen molar-refractivity contribution < 1.29 is 8.78 Å². The molecule has 1 fully saturated rings. The van der Waals surface area contributed by atoms with Crippen LogP contribution in [0.4, 0.5) is 8.78 Å². The van der Waals surface area contributed by atoms with Gasteiger partial charge >= 0.3 is 0 Å². The lowest BCUT2D eigenvalue weighted by atomic mass is 9.92. The minimum absolute atomic E-state index is 0.135. The predicted molar refractivity (Wildman–Crippen MR) is 128 cm³/mol. The van der Waals surface area contributed by atoms with Gasteiger partial charge in [-0.25, -0.2) is 13.5 Å². The lowest BCUT2D eigenvalue weighted by Gasteiger charge is -2.34. The Labute approximate surface area is 197 Å². The van der Waals surface area contributed by atoms with Gasteiger partial charge in [0.15, 0.2) is 6.30 Å². The van der Waals surface area contributed by atoms with Crippen LogP contribution < -0.4 is 0 Å². The molecular formula is C23H26ClF2N5S. The molecule has 2 unspecified atom stereocenters. The number of amidine groups is 1. The van der Waals surface area contributed by atoms with Crippen LogP contribution in [0.25, 0.3) is 5.57 Å². The zero-order valence-electron chi connectivity index (χ0n) is 18.2. The topological polar surface area (TPSA) is 36.7 Å². The highest BCUT2D eigenvalue weighted by molar-refractivity contribution is 7.81. The Bertz CT molecular complexity index is 1090. The summed E-state index contributed by atoms with van der Waals surface area (Å²) in [6.07, 6.45) is 2.88. The van der Waals surface area contributed by atoms with Crippen molar-refractivity contribution in [1.82, 2.24) is 19.6 Å². The number of likely N-dealkylation sites (N-methyl/N-ethyl adjacent to an activating group) is 1. The molecule has 0 radical (unpaired) electrons. The number of aromatic nitrogens is 2. The zero-order chi connectivity index (χ0) is 23.2. The van der Waals surface area contributed by atoms with E-state index in [4.69, 9.17) is 16.6 Å². The molecule has 4 rings (SSSR count). The van der Waals surface area contributed by atoms with Crippen LogP contribution in [0.2, 0.25) is 5.02 Å². The number of fused-ring (bicyclic) bond motifs is 1. The van der Waals surface area contributed by atoms with Crippen molar-refractivity contribution in [1.29, 1.82) is 0 Å². The van der Waals surface area contributed by atoms with E-state index < -0.39 is 18.2 Å². The summed E-state index contributed by atoms with van der Waals surface area (Å²) in [5, 5.41) is 4.64. The van der Waals surface area contributed by atoms with Gasteiger partial charge in [0.05, 0.1) is 17.0 Å². The Morgan fingerprint density at radius 3 is 2.69 bits per heavy atom. The normalized spacial score (nSPS) is 22.5. The lowest BCUT2D eigenvalue weighted by Crippen LogP contribution is -2.39. The number of rotatable bonds is 6. The van der Waals surface area contributed by atoms with Crippen molar-refractivity contribution in [3.63, 3.8) is 0 Å². The monoisotopic (exact) mass is 477 g/mol. The fourth-order valence-electron chi connectivity index (χ4n) is 4.30. The maximum absolute atomic E-state index is 13.9. The highest BCUT2D eigenvalue weighted by atomic mass is 35.5. The second kappa shape index (κ2) is 8.90. The molecule has 32 heavy (non-hydrogen) atoms. The molecule has 0 bridgehead atoms. The molecule has 1 aromatic carbocycles. The van der Waals surface area contributed by atoms with E-state index in [-0.39, 0.29) is 16.3 Å². The van der Waals surface area contributed by atoms with E-state index in [1.54, 1.807) is 24.5 Å². The highest BCUT2D eigenvalue weighted by Gasteiger charge is 2.41. The first kappa shape index (κ1) is 22.9. The van der Waals surface area contributed by atoms with E-state index >= 15 is 0 Å². The van der Waals surface area contributed by atoms with E-state index in [2.05, 4.69) is 34.1 Å². The second-order valence-corrected chi connectivity index (χ2v) is 9.35. The minimum Gasteiger partial charge on any atom is -0.376 e. The van der Waals surface area contributed by atoms with Crippen molar-refractivity contribution in [2.24, 2.45) is 4.99 Å². The second-order valence-electron chi connectivity index (χ2n) is 8.16. The maximum Gasteiger partial charge on any atom is 0.188 e. The molecule has 5 nitrogen and oxygen atoms in total. The van der Waals surface area contributed by atoms with Gasteiger partial charge in [-0.3, -0.25) is 4.99 Å². The molecule has 9 heteroatoms. The first-order valence-corrected chi connectivity index (χ1v) is 11.4. The quantitative estimate of drug-likeness (QED) is 0.558. The summed E-state index contributed by atoms with van der Waals surface area (Å²) in [6, 6.07) is 5.77. The number of nitrogens with zero attached hydrogens (tertiary/aromatic N) is 5. The first-order chi connectivity index (χ1) is 15.2. The Morgan fingerprint density at radius 2 is 2.09 bits per heavy atom. The average Bonchev–Trinajstić information content (AvgIpc) is 3.39. The van der Waals surface area contributed by atoms with Gasteiger partial charge in [-0.05, 0) is 38.2 Å². The average molecular weight is 478 g/mol. The Hall–Kier alpha value is -2.32. The van der Waals surface area contributed by atoms with Gasteiger partial charge in [-0.2, -0.15) is 17.7 Å².